The van der Waals surface area contributed by atoms with Gasteiger partial charge in [0.1, 0.15) is 0 Å². The van der Waals surface area contributed by atoms with Crippen LogP contribution in [0.1, 0.15) is 23.3 Å². The Kier molecular flexibility index (Phi) is 5.77. The molecule has 0 bridgehead atoms. The summed E-state index contributed by atoms with van der Waals surface area (Å²) in [7, 11) is 2.20. The summed E-state index contributed by atoms with van der Waals surface area (Å²) in [6, 6.07) is 15.5. The molecular weight excluding hydrogens is 264 g/mol. The number of hydrogen-bond acceptors (Lipinski definition) is 3. The first-order valence-electron chi connectivity index (χ1n) is 7.18. The van der Waals surface area contributed by atoms with Crippen LogP contribution in [0.4, 0.5) is 0 Å². The molecule has 0 aliphatic heterocycles. The molecule has 0 spiro atoms. The van der Waals surface area contributed by atoms with Gasteiger partial charge in [-0.15, -0.1) is 11.3 Å². The standard InChI is InChI=1S/C17H24N2S/c1-14(11-17-9-6-10-20-17)19(2)13-16(12-18)15-7-4-3-5-8-15/h3-10,14,16H,11-13,18H2,1-2H3. The zero-order valence-electron chi connectivity index (χ0n) is 12.3. The summed E-state index contributed by atoms with van der Waals surface area (Å²) >= 11 is 1.84. The predicted octanol–water partition coefficient (Wildman–Crippen LogP) is 3.35. The molecule has 2 N–H and O–H groups in total. The van der Waals surface area contributed by atoms with E-state index in [2.05, 4.69) is 66.7 Å². The molecule has 0 aliphatic rings. The second-order valence-electron chi connectivity index (χ2n) is 5.42. The van der Waals surface area contributed by atoms with Gasteiger partial charge in [-0.25, -0.2) is 0 Å². The van der Waals surface area contributed by atoms with E-state index in [1.54, 1.807) is 0 Å². The number of benzene rings is 1. The van der Waals surface area contributed by atoms with Gasteiger partial charge >= 0.3 is 0 Å². The molecule has 0 amide bonds. The summed E-state index contributed by atoms with van der Waals surface area (Å²) < 4.78 is 0. The summed E-state index contributed by atoms with van der Waals surface area (Å²) in [6.07, 6.45) is 1.11. The quantitative estimate of drug-likeness (QED) is 0.846. The van der Waals surface area contributed by atoms with Crippen LogP contribution in [-0.4, -0.2) is 31.1 Å². The molecule has 0 aliphatic carbocycles. The fourth-order valence-electron chi connectivity index (χ4n) is 2.44. The molecule has 1 aromatic heterocycles. The number of likely N-dealkylation sites (N-methyl/N-ethyl adjacent to an activating group) is 1. The Labute approximate surface area is 126 Å². The molecule has 2 atom stereocenters. The van der Waals surface area contributed by atoms with Gasteiger partial charge in [-0.1, -0.05) is 36.4 Å². The lowest BCUT2D eigenvalue weighted by Crippen LogP contribution is -2.36. The van der Waals surface area contributed by atoms with Crippen LogP contribution in [0.5, 0.6) is 0 Å². The minimum atomic E-state index is 0.409. The minimum absolute atomic E-state index is 0.409. The Morgan fingerprint density at radius 2 is 1.90 bits per heavy atom. The van der Waals surface area contributed by atoms with Crippen molar-refractivity contribution in [3.8, 4) is 0 Å². The molecule has 2 aromatic rings. The first-order chi connectivity index (χ1) is 9.70. The molecule has 0 fully saturated rings. The van der Waals surface area contributed by atoms with Crippen molar-refractivity contribution in [2.75, 3.05) is 20.1 Å². The number of nitrogens with zero attached hydrogens (tertiary/aromatic N) is 1. The maximum Gasteiger partial charge on any atom is 0.0112 e. The Morgan fingerprint density at radius 3 is 2.50 bits per heavy atom. The molecule has 108 valence electrons. The van der Waals surface area contributed by atoms with Gasteiger partial charge in [0.05, 0.1) is 0 Å². The van der Waals surface area contributed by atoms with Gasteiger partial charge in [-0.05, 0) is 37.4 Å². The summed E-state index contributed by atoms with van der Waals surface area (Å²) in [4.78, 5) is 3.87. The fraction of sp³-hybridized carbons (Fsp3) is 0.412. The third kappa shape index (κ3) is 4.17. The van der Waals surface area contributed by atoms with Gasteiger partial charge in [-0.2, -0.15) is 0 Å². The second kappa shape index (κ2) is 7.58. The lowest BCUT2D eigenvalue weighted by molar-refractivity contribution is 0.242. The first-order valence-corrected chi connectivity index (χ1v) is 8.06. The summed E-state index contributed by atoms with van der Waals surface area (Å²) in [6.45, 7) is 3.99. The van der Waals surface area contributed by atoms with Gasteiger partial charge in [0.15, 0.2) is 0 Å². The summed E-state index contributed by atoms with van der Waals surface area (Å²) in [5.41, 5.74) is 7.30. The van der Waals surface area contributed by atoms with E-state index in [4.69, 9.17) is 5.73 Å². The van der Waals surface area contributed by atoms with Crippen molar-refractivity contribution >= 4 is 11.3 Å². The van der Waals surface area contributed by atoms with E-state index in [1.165, 1.54) is 10.4 Å². The van der Waals surface area contributed by atoms with Crippen LogP contribution in [0.3, 0.4) is 0 Å². The molecule has 0 saturated carbocycles. The Morgan fingerprint density at radius 1 is 1.15 bits per heavy atom. The highest BCUT2D eigenvalue weighted by Crippen LogP contribution is 2.18. The molecule has 2 unspecified atom stereocenters. The van der Waals surface area contributed by atoms with Crippen LogP contribution in [0.2, 0.25) is 0 Å². The zero-order valence-corrected chi connectivity index (χ0v) is 13.1. The van der Waals surface area contributed by atoms with E-state index < -0.39 is 0 Å². The SMILES string of the molecule is CC(Cc1cccs1)N(C)CC(CN)c1ccccc1. The van der Waals surface area contributed by atoms with Gasteiger partial charge in [0, 0.05) is 29.9 Å². The van der Waals surface area contributed by atoms with Gasteiger partial charge in [0.25, 0.3) is 0 Å². The van der Waals surface area contributed by atoms with Crippen LogP contribution in [-0.2, 0) is 6.42 Å². The third-order valence-corrected chi connectivity index (χ3v) is 4.79. The fourth-order valence-corrected chi connectivity index (χ4v) is 3.27. The predicted molar refractivity (Wildman–Crippen MR) is 88.4 cm³/mol. The van der Waals surface area contributed by atoms with Gasteiger partial charge in [0.2, 0.25) is 0 Å². The molecule has 0 radical (unpaired) electrons. The summed E-state index contributed by atoms with van der Waals surface area (Å²) in [5, 5.41) is 2.15. The van der Waals surface area contributed by atoms with Crippen molar-refractivity contribution in [3.63, 3.8) is 0 Å². The van der Waals surface area contributed by atoms with Crippen LogP contribution in [0, 0.1) is 0 Å². The number of thiophene rings is 1. The molecular formula is C17H24N2S. The normalized spacial score (nSPS) is 14.4. The maximum absolute atomic E-state index is 5.96. The van der Waals surface area contributed by atoms with Crippen LogP contribution < -0.4 is 5.73 Å². The third-order valence-electron chi connectivity index (χ3n) is 3.89. The molecule has 2 nitrogen and oxygen atoms in total. The monoisotopic (exact) mass is 288 g/mol. The highest BCUT2D eigenvalue weighted by Gasteiger charge is 2.16. The molecule has 2 rings (SSSR count). The molecule has 1 aromatic carbocycles. The van der Waals surface area contributed by atoms with E-state index in [0.29, 0.717) is 18.5 Å². The molecule has 3 heteroatoms. The zero-order chi connectivity index (χ0) is 14.4. The van der Waals surface area contributed by atoms with Crippen molar-refractivity contribution < 1.29 is 0 Å². The van der Waals surface area contributed by atoms with Crippen LogP contribution in [0.15, 0.2) is 47.8 Å². The van der Waals surface area contributed by atoms with Crippen molar-refractivity contribution in [3.05, 3.63) is 58.3 Å². The number of nitrogens with two attached hydrogens (primary N) is 1. The largest absolute Gasteiger partial charge is 0.330 e. The molecule has 20 heavy (non-hydrogen) atoms. The smallest absolute Gasteiger partial charge is 0.0112 e. The lowest BCUT2D eigenvalue weighted by atomic mass is 9.98. The molecule has 1 heterocycles. The highest BCUT2D eigenvalue weighted by atomic mass is 32.1. The van der Waals surface area contributed by atoms with E-state index in [1.807, 2.05) is 11.3 Å². The maximum atomic E-state index is 5.96. The Bertz CT molecular complexity index is 481. The van der Waals surface area contributed by atoms with Gasteiger partial charge < -0.3 is 10.6 Å². The molecule has 0 saturated heterocycles. The Hall–Kier alpha value is -1.16. The number of hydrogen-bond donors (Lipinski definition) is 1. The highest BCUT2D eigenvalue weighted by molar-refractivity contribution is 7.09. The summed E-state index contributed by atoms with van der Waals surface area (Å²) in [5.74, 6) is 0.409. The van der Waals surface area contributed by atoms with Gasteiger partial charge in [-0.3, -0.25) is 0 Å². The van der Waals surface area contributed by atoms with Crippen LogP contribution >= 0.6 is 11.3 Å². The van der Waals surface area contributed by atoms with E-state index in [0.717, 1.165) is 13.0 Å². The topological polar surface area (TPSA) is 29.3 Å². The Balaban J connectivity index is 1.93. The van der Waals surface area contributed by atoms with Crippen molar-refractivity contribution in [2.45, 2.75) is 25.3 Å². The average molecular weight is 288 g/mol. The number of rotatable bonds is 7. The van der Waals surface area contributed by atoms with Crippen LogP contribution in [0.25, 0.3) is 0 Å². The van der Waals surface area contributed by atoms with Crippen molar-refractivity contribution in [2.24, 2.45) is 5.73 Å². The van der Waals surface area contributed by atoms with Crippen molar-refractivity contribution in [1.82, 2.24) is 4.90 Å². The van der Waals surface area contributed by atoms with E-state index >= 15 is 0 Å². The first kappa shape index (κ1) is 15.2. The minimum Gasteiger partial charge on any atom is -0.330 e. The van der Waals surface area contributed by atoms with Crippen molar-refractivity contribution in [1.29, 1.82) is 0 Å². The lowest BCUT2D eigenvalue weighted by Gasteiger charge is -2.28. The average Bonchev–Trinajstić information content (AvgIpc) is 2.98. The van der Waals surface area contributed by atoms with E-state index in [9.17, 15) is 0 Å². The van der Waals surface area contributed by atoms with E-state index in [-0.39, 0.29) is 0 Å². The second-order valence-corrected chi connectivity index (χ2v) is 6.45.